The number of esters is 1. The van der Waals surface area contributed by atoms with Crippen molar-refractivity contribution in [2.45, 2.75) is 6.42 Å². The molecule has 0 spiro atoms. The minimum Gasteiger partial charge on any atom is -0.468 e. The van der Waals surface area contributed by atoms with Crippen molar-refractivity contribution < 1.29 is 14.3 Å². The van der Waals surface area contributed by atoms with Crippen molar-refractivity contribution in [2.24, 2.45) is 0 Å². The minimum atomic E-state index is -0.344. The Balaban J connectivity index is 2.65. The third-order valence-corrected chi connectivity index (χ3v) is 1.97. The van der Waals surface area contributed by atoms with Crippen LogP contribution in [0.15, 0.2) is 30.3 Å². The van der Waals surface area contributed by atoms with Crippen molar-refractivity contribution in [1.29, 1.82) is 0 Å². The van der Waals surface area contributed by atoms with E-state index in [4.69, 9.17) is 0 Å². The lowest BCUT2D eigenvalue weighted by atomic mass is 10.1. The van der Waals surface area contributed by atoms with Gasteiger partial charge in [0.15, 0.2) is 0 Å². The van der Waals surface area contributed by atoms with Crippen molar-refractivity contribution in [1.82, 2.24) is 0 Å². The Morgan fingerprint density at radius 3 is 2.65 bits per heavy atom. The predicted octanol–water partition coefficient (Wildman–Crippen LogP) is 1.81. The van der Waals surface area contributed by atoms with Crippen LogP contribution >= 0.6 is 0 Å². The van der Waals surface area contributed by atoms with Gasteiger partial charge in [-0.1, -0.05) is 30.0 Å². The molecule has 0 radical (unpaired) electrons. The molecule has 0 aliphatic heterocycles. The maximum Gasteiger partial charge on any atom is 0.317 e. The van der Waals surface area contributed by atoms with Gasteiger partial charge in [-0.2, -0.15) is 0 Å². The highest BCUT2D eigenvalue weighted by Crippen LogP contribution is 2.04. The van der Waals surface area contributed by atoms with Crippen LogP contribution in [0.2, 0.25) is 0 Å². The van der Waals surface area contributed by atoms with E-state index in [0.717, 1.165) is 17.4 Å². The van der Waals surface area contributed by atoms with Gasteiger partial charge in [-0.15, -0.1) is 0 Å². The van der Waals surface area contributed by atoms with Crippen molar-refractivity contribution in [3.8, 4) is 11.8 Å². The Morgan fingerprint density at radius 1 is 1.35 bits per heavy atom. The van der Waals surface area contributed by atoms with Crippen LogP contribution in [0.25, 0.3) is 6.08 Å². The lowest BCUT2D eigenvalue weighted by molar-refractivity contribution is -0.139. The first-order chi connectivity index (χ1) is 8.26. The molecule has 0 amide bonds. The van der Waals surface area contributed by atoms with Crippen LogP contribution in [-0.2, 0) is 14.3 Å². The molecule has 1 aromatic rings. The van der Waals surface area contributed by atoms with E-state index in [1.807, 2.05) is 24.3 Å². The first-order valence-electron chi connectivity index (χ1n) is 5.04. The van der Waals surface area contributed by atoms with Crippen molar-refractivity contribution in [3.05, 3.63) is 41.5 Å². The summed E-state index contributed by atoms with van der Waals surface area (Å²) < 4.78 is 4.47. The van der Waals surface area contributed by atoms with Gasteiger partial charge in [0.05, 0.1) is 7.11 Å². The van der Waals surface area contributed by atoms with Crippen LogP contribution in [-0.4, -0.2) is 19.4 Å². The lowest BCUT2D eigenvalue weighted by Gasteiger charge is -1.93. The number of allylic oxidation sites excluding steroid dienone is 1. The van der Waals surface area contributed by atoms with E-state index in [2.05, 4.69) is 16.6 Å². The Hall–Kier alpha value is -2.34. The SMILES string of the molecule is COC(=O)CC#Cc1ccc(/C=C/C=O)cc1. The molecule has 0 fully saturated rings. The number of hydrogen-bond acceptors (Lipinski definition) is 3. The largest absolute Gasteiger partial charge is 0.468 e. The van der Waals surface area contributed by atoms with Gasteiger partial charge >= 0.3 is 5.97 Å². The highest BCUT2D eigenvalue weighted by molar-refractivity contribution is 5.74. The van der Waals surface area contributed by atoms with E-state index in [-0.39, 0.29) is 12.4 Å². The van der Waals surface area contributed by atoms with Crippen molar-refractivity contribution >= 4 is 18.3 Å². The number of hydrogen-bond donors (Lipinski definition) is 0. The van der Waals surface area contributed by atoms with Gasteiger partial charge in [-0.25, -0.2) is 0 Å². The minimum absolute atomic E-state index is 0.0866. The number of rotatable bonds is 3. The molecule has 0 saturated heterocycles. The summed E-state index contributed by atoms with van der Waals surface area (Å²) in [5.74, 6) is 5.22. The van der Waals surface area contributed by atoms with Crippen molar-refractivity contribution in [3.63, 3.8) is 0 Å². The zero-order chi connectivity index (χ0) is 12.5. The smallest absolute Gasteiger partial charge is 0.317 e. The Kier molecular flexibility index (Phi) is 5.26. The van der Waals surface area contributed by atoms with Gasteiger partial charge in [-0.05, 0) is 23.8 Å². The standard InChI is InChI=1S/C14H12O3/c1-17-14(16)6-2-4-12-7-9-13(10-8-12)5-3-11-15/h3,5,7-11H,6H2,1H3/b5-3+. The maximum absolute atomic E-state index is 10.8. The fourth-order valence-electron chi connectivity index (χ4n) is 1.12. The summed E-state index contributed by atoms with van der Waals surface area (Å²) in [6.07, 6.45) is 3.95. The fraction of sp³-hybridized carbons (Fsp3) is 0.143. The average molecular weight is 228 g/mol. The van der Waals surface area contributed by atoms with Crippen LogP contribution in [0.5, 0.6) is 0 Å². The lowest BCUT2D eigenvalue weighted by Crippen LogP contribution is -1.96. The van der Waals surface area contributed by atoms with E-state index in [0.29, 0.717) is 0 Å². The highest BCUT2D eigenvalue weighted by Gasteiger charge is 1.93. The first kappa shape index (κ1) is 12.7. The second kappa shape index (κ2) is 7.02. The van der Waals surface area contributed by atoms with E-state index in [1.54, 1.807) is 6.08 Å². The summed E-state index contributed by atoms with van der Waals surface area (Å²) >= 11 is 0. The zero-order valence-electron chi connectivity index (χ0n) is 9.47. The molecular weight excluding hydrogens is 216 g/mol. The molecular formula is C14H12O3. The number of carbonyl (C=O) groups is 2. The summed E-state index contributed by atoms with van der Waals surface area (Å²) in [6, 6.07) is 7.35. The van der Waals surface area contributed by atoms with Gasteiger partial charge in [0.25, 0.3) is 0 Å². The van der Waals surface area contributed by atoms with Gasteiger partial charge in [0.2, 0.25) is 0 Å². The van der Waals surface area contributed by atoms with E-state index < -0.39 is 0 Å². The van der Waals surface area contributed by atoms with Gasteiger partial charge in [-0.3, -0.25) is 9.59 Å². The summed E-state index contributed by atoms with van der Waals surface area (Å²) in [5, 5.41) is 0. The third-order valence-electron chi connectivity index (χ3n) is 1.97. The summed E-state index contributed by atoms with van der Waals surface area (Å²) in [7, 11) is 1.33. The summed E-state index contributed by atoms with van der Waals surface area (Å²) in [6.45, 7) is 0. The molecule has 86 valence electrons. The molecule has 1 rings (SSSR count). The van der Waals surface area contributed by atoms with Gasteiger partial charge in [0, 0.05) is 5.56 Å². The maximum atomic E-state index is 10.8. The number of aldehydes is 1. The van der Waals surface area contributed by atoms with Crippen LogP contribution in [0.4, 0.5) is 0 Å². The molecule has 0 aliphatic carbocycles. The van der Waals surface area contributed by atoms with E-state index >= 15 is 0 Å². The molecule has 3 heteroatoms. The molecule has 0 atom stereocenters. The highest BCUT2D eigenvalue weighted by atomic mass is 16.5. The molecule has 0 saturated carbocycles. The Bertz CT molecular complexity index is 472. The van der Waals surface area contributed by atoms with Crippen LogP contribution in [0.3, 0.4) is 0 Å². The summed E-state index contributed by atoms with van der Waals surface area (Å²) in [5.41, 5.74) is 1.74. The second-order valence-corrected chi connectivity index (χ2v) is 3.17. The normalized spacial score (nSPS) is 9.47. The Labute approximate surface area is 100 Å². The number of carbonyl (C=O) groups excluding carboxylic acids is 2. The van der Waals surface area contributed by atoms with E-state index in [9.17, 15) is 9.59 Å². The Morgan fingerprint density at radius 2 is 2.06 bits per heavy atom. The molecule has 17 heavy (non-hydrogen) atoms. The zero-order valence-corrected chi connectivity index (χ0v) is 9.47. The van der Waals surface area contributed by atoms with Crippen molar-refractivity contribution in [2.75, 3.05) is 7.11 Å². The average Bonchev–Trinajstić information content (AvgIpc) is 2.37. The molecule has 0 aliphatic rings. The molecule has 0 bridgehead atoms. The second-order valence-electron chi connectivity index (χ2n) is 3.17. The molecule has 3 nitrogen and oxygen atoms in total. The van der Waals surface area contributed by atoms with Crippen LogP contribution < -0.4 is 0 Å². The molecule has 0 aromatic heterocycles. The van der Waals surface area contributed by atoms with Crippen LogP contribution in [0.1, 0.15) is 17.5 Å². The predicted molar refractivity (Wildman–Crippen MR) is 65.1 cm³/mol. The molecule has 1 aromatic carbocycles. The summed E-state index contributed by atoms with van der Waals surface area (Å²) in [4.78, 5) is 20.9. The molecule has 0 N–H and O–H groups in total. The fourth-order valence-corrected chi connectivity index (χ4v) is 1.12. The monoisotopic (exact) mass is 228 g/mol. The van der Waals surface area contributed by atoms with E-state index in [1.165, 1.54) is 13.2 Å². The molecule has 0 heterocycles. The quantitative estimate of drug-likeness (QED) is 0.343. The molecule has 0 unspecified atom stereocenters. The van der Waals surface area contributed by atoms with Crippen LogP contribution in [0, 0.1) is 11.8 Å². The number of ether oxygens (including phenoxy) is 1. The number of benzene rings is 1. The number of methoxy groups -OCH3 is 1. The third kappa shape index (κ3) is 4.80. The van der Waals surface area contributed by atoms with Gasteiger partial charge < -0.3 is 4.74 Å². The topological polar surface area (TPSA) is 43.4 Å². The first-order valence-corrected chi connectivity index (χ1v) is 5.04. The van der Waals surface area contributed by atoms with Gasteiger partial charge in [0.1, 0.15) is 12.7 Å².